The van der Waals surface area contributed by atoms with Crippen LogP contribution < -0.4 is 5.73 Å². The normalized spacial score (nSPS) is 14.3. The summed E-state index contributed by atoms with van der Waals surface area (Å²) in [6.45, 7) is 1.86. The maximum absolute atomic E-state index is 13.6. The van der Waals surface area contributed by atoms with Crippen LogP contribution in [0, 0.1) is 5.82 Å². The number of hydrogen-bond acceptors (Lipinski definition) is 2. The first-order valence-electron chi connectivity index (χ1n) is 5.53. The average Bonchev–Trinajstić information content (AvgIpc) is 2.33. The number of nitrogens with zero attached hydrogens (tertiary/aromatic N) is 1. The van der Waals surface area contributed by atoms with Gasteiger partial charge in [0.05, 0.1) is 11.2 Å². The molecule has 0 saturated heterocycles. The summed E-state index contributed by atoms with van der Waals surface area (Å²) < 4.78 is 13.6. The fraction of sp³-hybridized carbons (Fsp3) is 0.214. The van der Waals surface area contributed by atoms with Gasteiger partial charge in [0.2, 0.25) is 0 Å². The van der Waals surface area contributed by atoms with Crippen LogP contribution >= 0.6 is 0 Å². The summed E-state index contributed by atoms with van der Waals surface area (Å²) in [4.78, 5) is 4.23. The molecule has 2 rings (SSSR count). The SMILES string of the molecule is C[C@](N)(Cc1ccccc1F)c1ccccn1. The Hall–Kier alpha value is -1.74. The number of aromatic nitrogens is 1. The predicted molar refractivity (Wildman–Crippen MR) is 65.9 cm³/mol. The monoisotopic (exact) mass is 230 g/mol. The van der Waals surface area contributed by atoms with Gasteiger partial charge < -0.3 is 5.73 Å². The van der Waals surface area contributed by atoms with E-state index in [0.717, 1.165) is 5.69 Å². The van der Waals surface area contributed by atoms with Crippen molar-refractivity contribution < 1.29 is 4.39 Å². The molecule has 0 radical (unpaired) electrons. The number of halogens is 1. The Bertz CT molecular complexity index is 495. The van der Waals surface area contributed by atoms with Crippen LogP contribution in [0.1, 0.15) is 18.2 Å². The van der Waals surface area contributed by atoms with E-state index < -0.39 is 5.54 Å². The molecule has 1 aromatic heterocycles. The van der Waals surface area contributed by atoms with Crippen LogP contribution in [0.3, 0.4) is 0 Å². The number of rotatable bonds is 3. The first kappa shape index (κ1) is 11.7. The Morgan fingerprint density at radius 2 is 1.88 bits per heavy atom. The fourth-order valence-corrected chi connectivity index (χ4v) is 1.83. The van der Waals surface area contributed by atoms with Crippen LogP contribution in [0.5, 0.6) is 0 Å². The second-order valence-corrected chi connectivity index (χ2v) is 4.40. The maximum atomic E-state index is 13.6. The van der Waals surface area contributed by atoms with Crippen molar-refractivity contribution in [2.24, 2.45) is 5.73 Å². The molecule has 17 heavy (non-hydrogen) atoms. The molecular formula is C14H15FN2. The molecule has 3 heteroatoms. The van der Waals surface area contributed by atoms with Crippen molar-refractivity contribution in [3.63, 3.8) is 0 Å². The highest BCUT2D eigenvalue weighted by Gasteiger charge is 2.24. The first-order chi connectivity index (χ1) is 8.09. The summed E-state index contributed by atoms with van der Waals surface area (Å²) in [6.07, 6.45) is 2.12. The van der Waals surface area contributed by atoms with Gasteiger partial charge in [-0.3, -0.25) is 4.98 Å². The van der Waals surface area contributed by atoms with Gasteiger partial charge in [0.25, 0.3) is 0 Å². The number of benzene rings is 1. The molecule has 0 aliphatic rings. The standard InChI is InChI=1S/C14H15FN2/c1-14(16,13-8-4-5-9-17-13)10-11-6-2-3-7-12(11)15/h2-9H,10,16H2,1H3/t14-/m0/s1. The van der Waals surface area contributed by atoms with E-state index in [4.69, 9.17) is 5.73 Å². The molecule has 0 unspecified atom stereocenters. The van der Waals surface area contributed by atoms with Gasteiger partial charge >= 0.3 is 0 Å². The number of pyridine rings is 1. The van der Waals surface area contributed by atoms with Crippen molar-refractivity contribution in [1.82, 2.24) is 4.98 Å². The van der Waals surface area contributed by atoms with Crippen LogP contribution in [0.2, 0.25) is 0 Å². The zero-order chi connectivity index (χ0) is 12.3. The Balaban J connectivity index is 2.27. The topological polar surface area (TPSA) is 38.9 Å². The lowest BCUT2D eigenvalue weighted by Crippen LogP contribution is -2.36. The fourth-order valence-electron chi connectivity index (χ4n) is 1.83. The second kappa shape index (κ2) is 4.63. The summed E-state index contributed by atoms with van der Waals surface area (Å²) >= 11 is 0. The van der Waals surface area contributed by atoms with Gasteiger partial charge in [-0.1, -0.05) is 24.3 Å². The van der Waals surface area contributed by atoms with Crippen LogP contribution in [-0.2, 0) is 12.0 Å². The molecule has 0 saturated carbocycles. The molecule has 2 N–H and O–H groups in total. The second-order valence-electron chi connectivity index (χ2n) is 4.40. The third-order valence-corrected chi connectivity index (χ3v) is 2.77. The maximum Gasteiger partial charge on any atom is 0.126 e. The quantitative estimate of drug-likeness (QED) is 0.880. The van der Waals surface area contributed by atoms with Gasteiger partial charge in [0, 0.05) is 6.20 Å². The lowest BCUT2D eigenvalue weighted by Gasteiger charge is -2.24. The van der Waals surface area contributed by atoms with Gasteiger partial charge in [-0.25, -0.2) is 4.39 Å². The van der Waals surface area contributed by atoms with Gasteiger partial charge in [0.15, 0.2) is 0 Å². The highest BCUT2D eigenvalue weighted by atomic mass is 19.1. The summed E-state index contributed by atoms with van der Waals surface area (Å²) in [6, 6.07) is 12.3. The minimum absolute atomic E-state index is 0.222. The average molecular weight is 230 g/mol. The minimum atomic E-state index is -0.663. The van der Waals surface area contributed by atoms with Crippen LogP contribution in [0.15, 0.2) is 48.7 Å². The molecule has 0 amide bonds. The third-order valence-electron chi connectivity index (χ3n) is 2.77. The molecule has 88 valence electrons. The summed E-state index contributed by atoms with van der Waals surface area (Å²) in [5, 5.41) is 0. The van der Waals surface area contributed by atoms with E-state index in [-0.39, 0.29) is 5.82 Å². The Labute approximate surface area is 100 Å². The van der Waals surface area contributed by atoms with Crippen molar-refractivity contribution in [2.75, 3.05) is 0 Å². The summed E-state index contributed by atoms with van der Waals surface area (Å²) in [5.41, 5.74) is 6.93. The van der Waals surface area contributed by atoms with Crippen LogP contribution in [0.25, 0.3) is 0 Å². The van der Waals surface area contributed by atoms with Gasteiger partial charge in [-0.15, -0.1) is 0 Å². The van der Waals surface area contributed by atoms with Crippen molar-refractivity contribution in [3.05, 3.63) is 65.7 Å². The highest BCUT2D eigenvalue weighted by Crippen LogP contribution is 2.22. The smallest absolute Gasteiger partial charge is 0.126 e. The van der Waals surface area contributed by atoms with E-state index in [1.54, 1.807) is 18.3 Å². The molecule has 1 atom stereocenters. The minimum Gasteiger partial charge on any atom is -0.320 e. The van der Waals surface area contributed by atoms with Gasteiger partial charge in [-0.2, -0.15) is 0 Å². The molecular weight excluding hydrogens is 215 g/mol. The first-order valence-corrected chi connectivity index (χ1v) is 5.53. The lowest BCUT2D eigenvalue weighted by molar-refractivity contribution is 0.462. The van der Waals surface area contributed by atoms with Crippen molar-refractivity contribution >= 4 is 0 Å². The van der Waals surface area contributed by atoms with Crippen molar-refractivity contribution in [3.8, 4) is 0 Å². The predicted octanol–water partition coefficient (Wildman–Crippen LogP) is 2.64. The summed E-state index contributed by atoms with van der Waals surface area (Å²) in [7, 11) is 0. The van der Waals surface area contributed by atoms with Crippen LogP contribution in [0.4, 0.5) is 4.39 Å². The van der Waals surface area contributed by atoms with E-state index >= 15 is 0 Å². The van der Waals surface area contributed by atoms with E-state index in [9.17, 15) is 4.39 Å². The van der Waals surface area contributed by atoms with E-state index in [1.165, 1.54) is 6.07 Å². The van der Waals surface area contributed by atoms with E-state index in [0.29, 0.717) is 12.0 Å². The van der Waals surface area contributed by atoms with Crippen molar-refractivity contribution in [1.29, 1.82) is 0 Å². The van der Waals surface area contributed by atoms with Crippen LogP contribution in [-0.4, -0.2) is 4.98 Å². The molecule has 1 aromatic carbocycles. The molecule has 0 bridgehead atoms. The zero-order valence-corrected chi connectivity index (χ0v) is 9.73. The summed E-state index contributed by atoms with van der Waals surface area (Å²) in [5.74, 6) is -0.222. The molecule has 2 nitrogen and oxygen atoms in total. The zero-order valence-electron chi connectivity index (χ0n) is 9.73. The van der Waals surface area contributed by atoms with E-state index in [2.05, 4.69) is 4.98 Å². The van der Waals surface area contributed by atoms with Gasteiger partial charge in [0.1, 0.15) is 5.82 Å². The number of nitrogens with two attached hydrogens (primary N) is 1. The Kier molecular flexibility index (Phi) is 3.20. The van der Waals surface area contributed by atoms with Gasteiger partial charge in [-0.05, 0) is 37.1 Å². The molecule has 0 fully saturated rings. The number of hydrogen-bond donors (Lipinski definition) is 1. The molecule has 0 aliphatic carbocycles. The third kappa shape index (κ3) is 2.68. The Morgan fingerprint density at radius 3 is 2.53 bits per heavy atom. The van der Waals surface area contributed by atoms with Crippen molar-refractivity contribution in [2.45, 2.75) is 18.9 Å². The highest BCUT2D eigenvalue weighted by molar-refractivity contribution is 5.23. The largest absolute Gasteiger partial charge is 0.320 e. The molecule has 2 aromatic rings. The molecule has 0 aliphatic heterocycles. The molecule has 1 heterocycles. The Morgan fingerprint density at radius 1 is 1.18 bits per heavy atom. The lowest BCUT2D eigenvalue weighted by atomic mass is 9.90. The van der Waals surface area contributed by atoms with E-state index in [1.807, 2.05) is 31.2 Å². The molecule has 0 spiro atoms.